The lowest BCUT2D eigenvalue weighted by molar-refractivity contribution is 0.124. The molecule has 128 valence electrons. The normalized spacial score (nSPS) is 30.1. The van der Waals surface area contributed by atoms with Crippen molar-refractivity contribution in [3.63, 3.8) is 0 Å². The van der Waals surface area contributed by atoms with Crippen LogP contribution in [0.4, 0.5) is 4.39 Å². The van der Waals surface area contributed by atoms with Gasteiger partial charge in [0.2, 0.25) is 0 Å². The van der Waals surface area contributed by atoms with Crippen LogP contribution in [0.15, 0.2) is 30.3 Å². The zero-order chi connectivity index (χ0) is 16.7. The second kappa shape index (κ2) is 6.38. The van der Waals surface area contributed by atoms with Crippen molar-refractivity contribution in [2.75, 3.05) is 7.11 Å². The summed E-state index contributed by atoms with van der Waals surface area (Å²) in [5.41, 5.74) is 1.39. The van der Waals surface area contributed by atoms with Gasteiger partial charge in [0.15, 0.2) is 11.6 Å². The van der Waals surface area contributed by atoms with Gasteiger partial charge in [0, 0.05) is 5.39 Å². The molecule has 4 rings (SSSR count). The van der Waals surface area contributed by atoms with Gasteiger partial charge in [-0.3, -0.25) is 0 Å². The fourth-order valence-electron chi connectivity index (χ4n) is 5.13. The zero-order valence-electron chi connectivity index (χ0n) is 14.7. The third-order valence-corrected chi connectivity index (χ3v) is 6.51. The Morgan fingerprint density at radius 2 is 1.75 bits per heavy atom. The molecular weight excluding hydrogens is 299 g/mol. The van der Waals surface area contributed by atoms with Gasteiger partial charge < -0.3 is 4.74 Å². The summed E-state index contributed by atoms with van der Waals surface area (Å²) in [6.07, 6.45) is 8.21. The van der Waals surface area contributed by atoms with Gasteiger partial charge in [0.05, 0.1) is 7.11 Å². The number of rotatable bonds is 2. The van der Waals surface area contributed by atoms with Crippen LogP contribution in [0.5, 0.6) is 5.75 Å². The smallest absolute Gasteiger partial charge is 0.172 e. The number of halogens is 1. The molecule has 2 heteroatoms. The van der Waals surface area contributed by atoms with Crippen LogP contribution in [0.25, 0.3) is 10.8 Å². The first-order valence-corrected chi connectivity index (χ1v) is 9.42. The van der Waals surface area contributed by atoms with Gasteiger partial charge in [0.25, 0.3) is 0 Å². The van der Waals surface area contributed by atoms with E-state index in [2.05, 4.69) is 19.1 Å². The molecule has 2 unspecified atom stereocenters. The largest absolute Gasteiger partial charge is 0.494 e. The van der Waals surface area contributed by atoms with E-state index >= 15 is 0 Å². The molecule has 2 aliphatic carbocycles. The summed E-state index contributed by atoms with van der Waals surface area (Å²) in [6.45, 7) is 2.41. The minimum absolute atomic E-state index is 0.244. The van der Waals surface area contributed by atoms with E-state index in [0.717, 1.165) is 23.1 Å². The van der Waals surface area contributed by atoms with Crippen LogP contribution in [0, 0.1) is 23.6 Å². The molecule has 0 aliphatic heterocycles. The fourth-order valence-corrected chi connectivity index (χ4v) is 5.13. The molecule has 0 aromatic heterocycles. The van der Waals surface area contributed by atoms with Crippen molar-refractivity contribution in [3.05, 3.63) is 41.7 Å². The van der Waals surface area contributed by atoms with Crippen molar-refractivity contribution in [1.82, 2.24) is 0 Å². The van der Waals surface area contributed by atoms with Gasteiger partial charge in [-0.1, -0.05) is 37.6 Å². The Labute approximate surface area is 144 Å². The summed E-state index contributed by atoms with van der Waals surface area (Å²) in [4.78, 5) is 0. The molecular formula is C22H27FO. The molecule has 0 amide bonds. The number of benzene rings is 2. The average Bonchev–Trinajstić information content (AvgIpc) is 2.61. The van der Waals surface area contributed by atoms with Crippen molar-refractivity contribution >= 4 is 10.8 Å². The summed E-state index contributed by atoms with van der Waals surface area (Å²) in [6, 6.07) is 10.0. The molecule has 1 nitrogen and oxygen atoms in total. The van der Waals surface area contributed by atoms with E-state index in [1.54, 1.807) is 6.07 Å². The van der Waals surface area contributed by atoms with Crippen molar-refractivity contribution < 1.29 is 9.13 Å². The van der Waals surface area contributed by atoms with Gasteiger partial charge in [-0.2, -0.15) is 0 Å². The van der Waals surface area contributed by atoms with Crippen LogP contribution in [0.3, 0.4) is 0 Å². The van der Waals surface area contributed by atoms with E-state index in [-0.39, 0.29) is 5.82 Å². The van der Waals surface area contributed by atoms with Crippen LogP contribution < -0.4 is 4.74 Å². The topological polar surface area (TPSA) is 9.23 Å². The highest BCUT2D eigenvalue weighted by molar-refractivity contribution is 5.85. The van der Waals surface area contributed by atoms with E-state index in [1.807, 2.05) is 12.1 Å². The highest BCUT2D eigenvalue weighted by Gasteiger charge is 2.34. The first kappa shape index (κ1) is 15.9. The number of methoxy groups -OCH3 is 1. The highest BCUT2D eigenvalue weighted by atomic mass is 19.1. The van der Waals surface area contributed by atoms with E-state index in [0.29, 0.717) is 17.1 Å². The van der Waals surface area contributed by atoms with Crippen LogP contribution >= 0.6 is 0 Å². The Morgan fingerprint density at radius 1 is 0.958 bits per heavy atom. The predicted molar refractivity (Wildman–Crippen MR) is 97.0 cm³/mol. The predicted octanol–water partition coefficient (Wildman–Crippen LogP) is 6.31. The lowest BCUT2D eigenvalue weighted by Gasteiger charge is -2.41. The highest BCUT2D eigenvalue weighted by Crippen LogP contribution is 2.47. The number of ether oxygens (including phenoxy) is 1. The lowest BCUT2D eigenvalue weighted by Crippen LogP contribution is -2.29. The van der Waals surface area contributed by atoms with E-state index in [4.69, 9.17) is 4.74 Å². The van der Waals surface area contributed by atoms with Gasteiger partial charge in [-0.15, -0.1) is 0 Å². The second-order valence-electron chi connectivity index (χ2n) is 8.01. The molecule has 0 saturated heterocycles. The number of fused-ring (bicyclic) bond motifs is 2. The van der Waals surface area contributed by atoms with E-state index in [1.165, 1.54) is 51.2 Å². The average molecular weight is 326 g/mol. The number of hydrogen-bond acceptors (Lipinski definition) is 1. The summed E-state index contributed by atoms with van der Waals surface area (Å²) in [5, 5.41) is 1.66. The first-order valence-electron chi connectivity index (χ1n) is 9.42. The molecule has 0 radical (unpaired) electrons. The number of hydrogen-bond donors (Lipinski definition) is 0. The molecule has 0 N–H and O–H groups in total. The van der Waals surface area contributed by atoms with E-state index in [9.17, 15) is 4.39 Å². The van der Waals surface area contributed by atoms with Crippen LogP contribution in [-0.2, 0) is 0 Å². The molecule has 24 heavy (non-hydrogen) atoms. The Balaban J connectivity index is 1.58. The summed E-state index contributed by atoms with van der Waals surface area (Å²) < 4.78 is 19.5. The zero-order valence-corrected chi connectivity index (χ0v) is 14.7. The lowest BCUT2D eigenvalue weighted by atomic mass is 9.64. The van der Waals surface area contributed by atoms with Crippen molar-refractivity contribution in [1.29, 1.82) is 0 Å². The van der Waals surface area contributed by atoms with Gasteiger partial charge >= 0.3 is 0 Å². The molecule has 4 atom stereocenters. The Bertz CT molecular complexity index is 738. The second-order valence-corrected chi connectivity index (χ2v) is 8.01. The maximum absolute atomic E-state index is 14.4. The van der Waals surface area contributed by atoms with Crippen molar-refractivity contribution in [3.8, 4) is 5.75 Å². The maximum Gasteiger partial charge on any atom is 0.172 e. The standard InChI is InChI=1S/C22H27FO/c1-14-3-4-16-12-17(6-5-15(16)11-14)18-7-9-20-19(13-18)8-10-21(24-2)22(20)23/h7-10,13-17H,3-6,11-12H2,1-2H3/t14?,15-,16?,17-/m1/s1. The van der Waals surface area contributed by atoms with Crippen molar-refractivity contribution in [2.45, 2.75) is 51.4 Å². The molecule has 2 aromatic carbocycles. The van der Waals surface area contributed by atoms with Crippen molar-refractivity contribution in [2.24, 2.45) is 17.8 Å². The Morgan fingerprint density at radius 3 is 2.58 bits per heavy atom. The van der Waals surface area contributed by atoms with Crippen LogP contribution in [0.2, 0.25) is 0 Å². The molecule has 2 aliphatic rings. The monoisotopic (exact) mass is 326 g/mol. The molecule has 0 spiro atoms. The Kier molecular flexibility index (Phi) is 4.24. The van der Waals surface area contributed by atoms with Gasteiger partial charge in [-0.25, -0.2) is 4.39 Å². The maximum atomic E-state index is 14.4. The third-order valence-electron chi connectivity index (χ3n) is 6.51. The quantitative estimate of drug-likeness (QED) is 0.628. The molecule has 0 heterocycles. The summed E-state index contributed by atoms with van der Waals surface area (Å²) in [5.74, 6) is 3.50. The third kappa shape index (κ3) is 2.81. The Hall–Kier alpha value is -1.57. The van der Waals surface area contributed by atoms with Gasteiger partial charge in [0.1, 0.15) is 0 Å². The van der Waals surface area contributed by atoms with E-state index < -0.39 is 0 Å². The van der Waals surface area contributed by atoms with Crippen LogP contribution in [-0.4, -0.2) is 7.11 Å². The minimum Gasteiger partial charge on any atom is -0.494 e. The molecule has 2 aromatic rings. The van der Waals surface area contributed by atoms with Crippen LogP contribution in [0.1, 0.15) is 56.9 Å². The summed E-state index contributed by atoms with van der Waals surface area (Å²) >= 11 is 0. The molecule has 2 saturated carbocycles. The SMILES string of the molecule is COc1ccc2cc([C@@H]3CC[C@@H]4CC(C)CCC4C3)ccc2c1F. The van der Waals surface area contributed by atoms with Gasteiger partial charge in [-0.05, 0) is 72.8 Å². The molecule has 2 fully saturated rings. The minimum atomic E-state index is -0.244. The summed E-state index contributed by atoms with van der Waals surface area (Å²) in [7, 11) is 1.52. The molecule has 0 bridgehead atoms. The fraction of sp³-hybridized carbons (Fsp3) is 0.545. The first-order chi connectivity index (χ1) is 11.7.